The number of halogens is 3. The minimum absolute atomic E-state index is 0.0316. The highest BCUT2D eigenvalue weighted by Gasteiger charge is 2.23. The predicted octanol–water partition coefficient (Wildman–Crippen LogP) is 6.03. The topological polar surface area (TPSA) is 42.2 Å². The zero-order valence-electron chi connectivity index (χ0n) is 15.3. The second-order valence-corrected chi connectivity index (χ2v) is 8.15. The van der Waals surface area contributed by atoms with Gasteiger partial charge in [-0.2, -0.15) is 0 Å². The fourth-order valence-corrected chi connectivity index (χ4v) is 4.71. The van der Waals surface area contributed by atoms with Crippen LogP contribution in [0.4, 0.5) is 4.39 Å². The summed E-state index contributed by atoms with van der Waals surface area (Å²) < 4.78 is 16.5. The zero-order valence-corrected chi connectivity index (χ0v) is 16.8. The Morgan fingerprint density at radius 3 is 2.64 bits per heavy atom. The number of fused-ring (bicyclic) bond motifs is 3. The second kappa shape index (κ2) is 7.76. The quantitative estimate of drug-likeness (QED) is 0.548. The zero-order chi connectivity index (χ0) is 19.8. The van der Waals surface area contributed by atoms with Gasteiger partial charge in [-0.25, -0.2) is 4.39 Å². The van der Waals surface area contributed by atoms with E-state index in [9.17, 15) is 9.18 Å². The summed E-state index contributed by atoms with van der Waals surface area (Å²) in [6, 6.07) is 8.50. The molecule has 146 valence electrons. The van der Waals surface area contributed by atoms with E-state index in [1.807, 2.05) is 12.1 Å². The predicted molar refractivity (Wildman–Crippen MR) is 110 cm³/mol. The van der Waals surface area contributed by atoms with E-state index in [2.05, 4.69) is 4.57 Å². The maximum absolute atomic E-state index is 14.3. The number of carboxylic acids is 1. The molecule has 0 saturated carbocycles. The van der Waals surface area contributed by atoms with E-state index < -0.39 is 5.97 Å². The van der Waals surface area contributed by atoms with Crippen LogP contribution in [0.1, 0.15) is 41.6 Å². The van der Waals surface area contributed by atoms with Crippen LogP contribution < -0.4 is 0 Å². The number of benzene rings is 2. The Morgan fingerprint density at radius 1 is 1.11 bits per heavy atom. The first-order valence-electron chi connectivity index (χ1n) is 9.42. The van der Waals surface area contributed by atoms with E-state index >= 15 is 0 Å². The highest BCUT2D eigenvalue weighted by Crippen LogP contribution is 2.36. The number of rotatable bonds is 5. The Hall–Kier alpha value is -2.04. The molecular formula is C22H20Cl2FNO2. The van der Waals surface area contributed by atoms with E-state index in [-0.39, 0.29) is 12.2 Å². The van der Waals surface area contributed by atoms with E-state index in [1.54, 1.807) is 12.1 Å². The maximum Gasteiger partial charge on any atom is 0.303 e. The van der Waals surface area contributed by atoms with Gasteiger partial charge in [0.05, 0.1) is 5.52 Å². The van der Waals surface area contributed by atoms with Gasteiger partial charge in [-0.1, -0.05) is 29.3 Å². The van der Waals surface area contributed by atoms with Crippen LogP contribution in [0.25, 0.3) is 10.9 Å². The SMILES string of the molecule is O=C(O)CCc1cc(F)cc2c3c(n(Cc4ccc(Cl)cc4Cl)c12)CCCC3. The number of aryl methyl sites for hydroxylation is 2. The third-order valence-electron chi connectivity index (χ3n) is 5.46. The monoisotopic (exact) mass is 419 g/mol. The van der Waals surface area contributed by atoms with Gasteiger partial charge in [0.1, 0.15) is 5.82 Å². The normalized spacial score (nSPS) is 13.7. The van der Waals surface area contributed by atoms with Crippen molar-refractivity contribution in [1.82, 2.24) is 4.57 Å². The number of carboxylic acid groups (broad SMARTS) is 1. The highest BCUT2D eigenvalue weighted by atomic mass is 35.5. The molecule has 28 heavy (non-hydrogen) atoms. The molecule has 0 atom stereocenters. The molecule has 1 N–H and O–H groups in total. The summed E-state index contributed by atoms with van der Waals surface area (Å²) in [6.45, 7) is 0.549. The van der Waals surface area contributed by atoms with E-state index in [4.69, 9.17) is 28.3 Å². The van der Waals surface area contributed by atoms with Crippen molar-refractivity contribution in [2.75, 3.05) is 0 Å². The van der Waals surface area contributed by atoms with Crippen molar-refractivity contribution < 1.29 is 14.3 Å². The van der Waals surface area contributed by atoms with Crippen molar-refractivity contribution in [2.24, 2.45) is 0 Å². The van der Waals surface area contributed by atoms with Gasteiger partial charge in [0.25, 0.3) is 0 Å². The van der Waals surface area contributed by atoms with Gasteiger partial charge in [-0.15, -0.1) is 0 Å². The molecule has 0 spiro atoms. The minimum atomic E-state index is -0.888. The molecule has 1 aromatic heterocycles. The standard InChI is InChI=1S/C22H20Cl2FNO2/c23-15-7-5-14(19(24)10-15)12-26-20-4-2-1-3-17(20)18-11-16(25)9-13(22(18)26)6-8-21(27)28/h5,7,9-11H,1-4,6,8,12H2,(H,27,28). The molecular weight excluding hydrogens is 400 g/mol. The van der Waals surface area contributed by atoms with Crippen LogP contribution in [0, 0.1) is 5.82 Å². The molecule has 4 rings (SSSR count). The van der Waals surface area contributed by atoms with Crippen molar-refractivity contribution in [3.05, 3.63) is 68.6 Å². The average Bonchev–Trinajstić information content (AvgIpc) is 2.96. The average molecular weight is 420 g/mol. The van der Waals surface area contributed by atoms with Crippen LogP contribution in [0.3, 0.4) is 0 Å². The number of carbonyl (C=O) groups is 1. The summed E-state index contributed by atoms with van der Waals surface area (Å²) >= 11 is 12.4. The Balaban J connectivity index is 1.91. The maximum atomic E-state index is 14.3. The first-order valence-corrected chi connectivity index (χ1v) is 10.2. The minimum Gasteiger partial charge on any atom is -0.481 e. The highest BCUT2D eigenvalue weighted by molar-refractivity contribution is 6.35. The molecule has 0 unspecified atom stereocenters. The molecule has 0 bridgehead atoms. The fraction of sp³-hybridized carbons (Fsp3) is 0.318. The van der Waals surface area contributed by atoms with Crippen LogP contribution in [0.5, 0.6) is 0 Å². The molecule has 3 nitrogen and oxygen atoms in total. The number of nitrogens with zero attached hydrogens (tertiary/aromatic N) is 1. The molecule has 1 aliphatic rings. The lowest BCUT2D eigenvalue weighted by atomic mass is 9.94. The van der Waals surface area contributed by atoms with Gasteiger partial charge < -0.3 is 9.67 Å². The summed E-state index contributed by atoms with van der Waals surface area (Å²) in [5.41, 5.74) is 4.99. The van der Waals surface area contributed by atoms with Gasteiger partial charge in [0.15, 0.2) is 0 Å². The molecule has 1 aliphatic carbocycles. The molecule has 0 amide bonds. The van der Waals surface area contributed by atoms with Gasteiger partial charge in [0.2, 0.25) is 0 Å². The van der Waals surface area contributed by atoms with Crippen molar-refractivity contribution in [2.45, 2.75) is 45.1 Å². The van der Waals surface area contributed by atoms with Gasteiger partial charge >= 0.3 is 5.97 Å². The summed E-state index contributed by atoms with van der Waals surface area (Å²) in [6.07, 6.45) is 4.26. The number of hydrogen-bond acceptors (Lipinski definition) is 1. The summed E-state index contributed by atoms with van der Waals surface area (Å²) in [5.74, 6) is -1.20. The first kappa shape index (κ1) is 19.3. The van der Waals surface area contributed by atoms with Crippen molar-refractivity contribution in [3.63, 3.8) is 0 Å². The van der Waals surface area contributed by atoms with E-state index in [1.165, 1.54) is 17.3 Å². The molecule has 0 radical (unpaired) electrons. The Labute approximate surface area is 172 Å². The third kappa shape index (κ3) is 3.63. The number of hydrogen-bond donors (Lipinski definition) is 1. The molecule has 2 aromatic carbocycles. The molecule has 0 fully saturated rings. The van der Waals surface area contributed by atoms with Crippen molar-refractivity contribution >= 4 is 40.1 Å². The molecule has 6 heteroatoms. The van der Waals surface area contributed by atoms with E-state index in [0.29, 0.717) is 23.0 Å². The number of aliphatic carboxylic acids is 1. The van der Waals surface area contributed by atoms with E-state index in [0.717, 1.165) is 47.7 Å². The molecule has 3 aromatic rings. The lowest BCUT2D eigenvalue weighted by Crippen LogP contribution is -2.10. The Bertz CT molecular complexity index is 1070. The molecule has 0 saturated heterocycles. The summed E-state index contributed by atoms with van der Waals surface area (Å²) in [5, 5.41) is 11.2. The van der Waals surface area contributed by atoms with Gasteiger partial charge in [-0.05, 0) is 73.1 Å². The third-order valence-corrected chi connectivity index (χ3v) is 6.05. The summed E-state index contributed by atoms with van der Waals surface area (Å²) in [7, 11) is 0. The van der Waals surface area contributed by atoms with Gasteiger partial charge in [0, 0.05) is 34.1 Å². The second-order valence-electron chi connectivity index (χ2n) is 7.31. The van der Waals surface area contributed by atoms with Crippen LogP contribution in [-0.4, -0.2) is 15.6 Å². The molecule has 0 aliphatic heterocycles. The lowest BCUT2D eigenvalue weighted by Gasteiger charge is -2.17. The lowest BCUT2D eigenvalue weighted by molar-refractivity contribution is -0.136. The van der Waals surface area contributed by atoms with Crippen molar-refractivity contribution in [1.29, 1.82) is 0 Å². The largest absolute Gasteiger partial charge is 0.481 e. The van der Waals surface area contributed by atoms with Crippen LogP contribution in [0.2, 0.25) is 10.0 Å². The van der Waals surface area contributed by atoms with Crippen LogP contribution in [0.15, 0.2) is 30.3 Å². The molecule has 1 heterocycles. The first-order chi connectivity index (χ1) is 13.4. The fourth-order valence-electron chi connectivity index (χ4n) is 4.24. The Kier molecular flexibility index (Phi) is 5.35. The van der Waals surface area contributed by atoms with Crippen molar-refractivity contribution in [3.8, 4) is 0 Å². The van der Waals surface area contributed by atoms with Crippen LogP contribution in [-0.2, 0) is 30.6 Å². The van der Waals surface area contributed by atoms with Crippen LogP contribution >= 0.6 is 23.2 Å². The Morgan fingerprint density at radius 2 is 1.89 bits per heavy atom. The van der Waals surface area contributed by atoms with Gasteiger partial charge in [-0.3, -0.25) is 4.79 Å². The number of aromatic nitrogens is 1. The summed E-state index contributed by atoms with van der Waals surface area (Å²) in [4.78, 5) is 11.1. The smallest absolute Gasteiger partial charge is 0.303 e.